The smallest absolute Gasteiger partial charge is 0.318 e. The van der Waals surface area contributed by atoms with Gasteiger partial charge in [0.2, 0.25) is 0 Å². The standard InChI is InChI=1S/C18H18FN3O2/c1-18(15-9-2-3-10-20-15)16(23)22(17(24)21-18)11-5-7-13-6-4-8-14(19)12-13/h2-4,6,8-10,12H,5,7,11H2,1H3,(H,21,24)/t18-/m1/s1. The van der Waals surface area contributed by atoms with Crippen molar-refractivity contribution in [3.05, 3.63) is 65.7 Å². The molecule has 24 heavy (non-hydrogen) atoms. The number of hydrogen-bond acceptors (Lipinski definition) is 3. The largest absolute Gasteiger partial charge is 0.325 e. The van der Waals surface area contributed by atoms with Crippen LogP contribution in [0.25, 0.3) is 0 Å². The van der Waals surface area contributed by atoms with Gasteiger partial charge in [0.25, 0.3) is 5.91 Å². The molecule has 124 valence electrons. The summed E-state index contributed by atoms with van der Waals surface area (Å²) in [5.41, 5.74) is 0.211. The summed E-state index contributed by atoms with van der Waals surface area (Å²) in [6.07, 6.45) is 2.75. The molecule has 1 N–H and O–H groups in total. The molecule has 3 amide bonds. The highest BCUT2D eigenvalue weighted by atomic mass is 19.1. The second kappa shape index (κ2) is 6.39. The molecule has 6 heteroatoms. The Balaban J connectivity index is 1.67. The van der Waals surface area contributed by atoms with E-state index in [0.29, 0.717) is 18.5 Å². The highest BCUT2D eigenvalue weighted by Gasteiger charge is 2.49. The van der Waals surface area contributed by atoms with Crippen molar-refractivity contribution in [1.29, 1.82) is 0 Å². The van der Waals surface area contributed by atoms with E-state index in [1.54, 1.807) is 37.4 Å². The first-order valence-corrected chi connectivity index (χ1v) is 7.81. The third-order valence-corrected chi connectivity index (χ3v) is 4.19. The van der Waals surface area contributed by atoms with Crippen LogP contribution in [-0.4, -0.2) is 28.4 Å². The van der Waals surface area contributed by atoms with Crippen LogP contribution in [0.5, 0.6) is 0 Å². The zero-order chi connectivity index (χ0) is 17.2. The van der Waals surface area contributed by atoms with E-state index < -0.39 is 11.6 Å². The Hall–Kier alpha value is -2.76. The van der Waals surface area contributed by atoms with Crippen molar-refractivity contribution in [2.45, 2.75) is 25.3 Å². The van der Waals surface area contributed by atoms with Crippen molar-refractivity contribution in [2.75, 3.05) is 6.54 Å². The van der Waals surface area contributed by atoms with Crippen LogP contribution in [0.2, 0.25) is 0 Å². The van der Waals surface area contributed by atoms with Crippen molar-refractivity contribution in [3.63, 3.8) is 0 Å². The van der Waals surface area contributed by atoms with Gasteiger partial charge in [-0.25, -0.2) is 9.18 Å². The lowest BCUT2D eigenvalue weighted by atomic mass is 9.97. The van der Waals surface area contributed by atoms with Crippen molar-refractivity contribution in [2.24, 2.45) is 0 Å². The van der Waals surface area contributed by atoms with E-state index >= 15 is 0 Å². The molecule has 2 aromatic rings. The summed E-state index contributed by atoms with van der Waals surface area (Å²) in [6.45, 7) is 1.94. The predicted octanol–water partition coefficient (Wildman–Crippen LogP) is 2.62. The van der Waals surface area contributed by atoms with Gasteiger partial charge < -0.3 is 5.32 Å². The molecule has 3 rings (SSSR count). The van der Waals surface area contributed by atoms with Gasteiger partial charge in [0.05, 0.1) is 5.69 Å². The van der Waals surface area contributed by atoms with Crippen molar-refractivity contribution in [3.8, 4) is 0 Å². The third kappa shape index (κ3) is 2.99. The van der Waals surface area contributed by atoms with Gasteiger partial charge in [-0.05, 0) is 49.6 Å². The molecular weight excluding hydrogens is 309 g/mol. The molecule has 1 aromatic heterocycles. The van der Waals surface area contributed by atoms with E-state index in [4.69, 9.17) is 0 Å². The molecule has 1 fully saturated rings. The Morgan fingerprint density at radius 1 is 1.21 bits per heavy atom. The van der Waals surface area contributed by atoms with E-state index in [2.05, 4.69) is 10.3 Å². The summed E-state index contributed by atoms with van der Waals surface area (Å²) in [5, 5.41) is 2.72. The lowest BCUT2D eigenvalue weighted by Crippen LogP contribution is -2.41. The Morgan fingerprint density at radius 2 is 2.04 bits per heavy atom. The maximum Gasteiger partial charge on any atom is 0.325 e. The normalized spacial score (nSPS) is 20.3. The zero-order valence-corrected chi connectivity index (χ0v) is 13.3. The van der Waals surface area contributed by atoms with Gasteiger partial charge in [-0.2, -0.15) is 0 Å². The monoisotopic (exact) mass is 327 g/mol. The zero-order valence-electron chi connectivity index (χ0n) is 13.3. The van der Waals surface area contributed by atoms with E-state index in [1.807, 2.05) is 6.07 Å². The van der Waals surface area contributed by atoms with Gasteiger partial charge in [-0.1, -0.05) is 18.2 Å². The number of amides is 3. The number of carbonyl (C=O) groups excluding carboxylic acids is 2. The van der Waals surface area contributed by atoms with Crippen LogP contribution in [0, 0.1) is 5.82 Å². The van der Waals surface area contributed by atoms with Gasteiger partial charge in [-0.3, -0.25) is 14.7 Å². The molecular formula is C18H18FN3O2. The van der Waals surface area contributed by atoms with Crippen LogP contribution in [0.15, 0.2) is 48.7 Å². The fourth-order valence-electron chi connectivity index (χ4n) is 2.87. The average molecular weight is 327 g/mol. The van der Waals surface area contributed by atoms with Crippen LogP contribution >= 0.6 is 0 Å². The number of imide groups is 1. The van der Waals surface area contributed by atoms with Crippen molar-refractivity contribution in [1.82, 2.24) is 15.2 Å². The molecule has 2 heterocycles. The van der Waals surface area contributed by atoms with Crippen LogP contribution in [0.3, 0.4) is 0 Å². The Morgan fingerprint density at radius 3 is 2.75 bits per heavy atom. The Bertz CT molecular complexity index is 766. The summed E-state index contributed by atoms with van der Waals surface area (Å²) in [7, 11) is 0. The lowest BCUT2D eigenvalue weighted by Gasteiger charge is -2.20. The molecule has 0 saturated carbocycles. The predicted molar refractivity (Wildman–Crippen MR) is 86.6 cm³/mol. The summed E-state index contributed by atoms with van der Waals surface area (Å²) in [5.74, 6) is -0.601. The summed E-state index contributed by atoms with van der Waals surface area (Å²) >= 11 is 0. The number of aryl methyl sites for hydroxylation is 1. The average Bonchev–Trinajstić information content (AvgIpc) is 2.80. The minimum Gasteiger partial charge on any atom is -0.318 e. The fraction of sp³-hybridized carbons (Fsp3) is 0.278. The maximum atomic E-state index is 13.2. The number of pyridine rings is 1. The molecule has 0 spiro atoms. The summed E-state index contributed by atoms with van der Waals surface area (Å²) < 4.78 is 13.2. The highest BCUT2D eigenvalue weighted by molar-refractivity contribution is 6.06. The van der Waals surface area contributed by atoms with E-state index in [9.17, 15) is 14.0 Å². The van der Waals surface area contributed by atoms with Crippen molar-refractivity contribution < 1.29 is 14.0 Å². The minimum atomic E-state index is -1.14. The van der Waals surface area contributed by atoms with E-state index in [0.717, 1.165) is 5.56 Å². The number of nitrogens with one attached hydrogen (secondary N) is 1. The number of hydrogen-bond donors (Lipinski definition) is 1. The molecule has 0 radical (unpaired) electrons. The lowest BCUT2D eigenvalue weighted by molar-refractivity contribution is -0.131. The van der Waals surface area contributed by atoms with Gasteiger partial charge >= 0.3 is 6.03 Å². The van der Waals surface area contributed by atoms with Crippen LogP contribution < -0.4 is 5.32 Å². The quantitative estimate of drug-likeness (QED) is 0.859. The number of aromatic nitrogens is 1. The maximum absolute atomic E-state index is 13.2. The molecule has 1 atom stereocenters. The second-order valence-electron chi connectivity index (χ2n) is 5.96. The third-order valence-electron chi connectivity index (χ3n) is 4.19. The van der Waals surface area contributed by atoms with E-state index in [-0.39, 0.29) is 18.3 Å². The minimum absolute atomic E-state index is 0.281. The second-order valence-corrected chi connectivity index (χ2v) is 5.96. The molecule has 1 aliphatic heterocycles. The van der Waals surface area contributed by atoms with Crippen LogP contribution in [-0.2, 0) is 16.8 Å². The van der Waals surface area contributed by atoms with Gasteiger partial charge in [0.1, 0.15) is 5.82 Å². The highest BCUT2D eigenvalue weighted by Crippen LogP contribution is 2.27. The number of halogens is 1. The first kappa shape index (κ1) is 16.1. The number of carbonyl (C=O) groups is 2. The summed E-state index contributed by atoms with van der Waals surface area (Å²) in [4.78, 5) is 30.2. The molecule has 0 bridgehead atoms. The number of rotatable bonds is 5. The molecule has 1 aromatic carbocycles. The van der Waals surface area contributed by atoms with Gasteiger partial charge in [0.15, 0.2) is 5.54 Å². The first-order chi connectivity index (χ1) is 11.5. The Labute approximate surface area is 139 Å². The SMILES string of the molecule is C[C@]1(c2ccccn2)NC(=O)N(CCCc2cccc(F)c2)C1=O. The number of benzene rings is 1. The molecule has 1 saturated heterocycles. The Kier molecular flexibility index (Phi) is 4.29. The fourth-order valence-corrected chi connectivity index (χ4v) is 2.87. The number of urea groups is 1. The molecule has 5 nitrogen and oxygen atoms in total. The topological polar surface area (TPSA) is 62.3 Å². The number of nitrogens with zero attached hydrogens (tertiary/aromatic N) is 2. The molecule has 0 aliphatic carbocycles. The van der Waals surface area contributed by atoms with Gasteiger partial charge in [0, 0.05) is 12.7 Å². The van der Waals surface area contributed by atoms with Gasteiger partial charge in [-0.15, -0.1) is 0 Å². The van der Waals surface area contributed by atoms with Crippen molar-refractivity contribution >= 4 is 11.9 Å². The van der Waals surface area contributed by atoms with Crippen LogP contribution in [0.4, 0.5) is 9.18 Å². The molecule has 0 unspecified atom stereocenters. The summed E-state index contributed by atoms with van der Waals surface area (Å²) in [6, 6.07) is 11.2. The van der Waals surface area contributed by atoms with E-state index in [1.165, 1.54) is 17.0 Å². The van der Waals surface area contributed by atoms with Crippen LogP contribution in [0.1, 0.15) is 24.6 Å². The first-order valence-electron chi connectivity index (χ1n) is 7.81. The molecule has 1 aliphatic rings.